The second-order valence-electron chi connectivity index (χ2n) is 8.44. The van der Waals surface area contributed by atoms with Gasteiger partial charge in [-0.3, -0.25) is 13.9 Å². The quantitative estimate of drug-likeness (QED) is 0.374. The molecule has 8 nitrogen and oxygen atoms in total. The Hall–Kier alpha value is -3.92. The lowest BCUT2D eigenvalue weighted by molar-refractivity contribution is -0.139. The predicted molar refractivity (Wildman–Crippen MR) is 144 cm³/mol. The lowest BCUT2D eigenvalue weighted by Crippen LogP contribution is -2.51. The molecule has 0 bridgehead atoms. The molecule has 0 spiro atoms. The monoisotopic (exact) mass is 541 g/mol. The van der Waals surface area contributed by atoms with E-state index >= 15 is 0 Å². The SMILES string of the molecule is CCNC(=O)[C@@H](C)N(Cc1ccc(F)cc1)C(=O)CN(c1ccccc1OCC)S(=O)(=O)c1ccccc1. The predicted octanol–water partition coefficient (Wildman–Crippen LogP) is 3.97. The molecule has 3 aromatic carbocycles. The number of hydrogen-bond acceptors (Lipinski definition) is 5. The van der Waals surface area contributed by atoms with Gasteiger partial charge in [0.15, 0.2) is 0 Å². The van der Waals surface area contributed by atoms with Crippen LogP contribution in [-0.4, -0.2) is 50.9 Å². The summed E-state index contributed by atoms with van der Waals surface area (Å²) in [5.74, 6) is -1.14. The van der Waals surface area contributed by atoms with Crippen molar-refractivity contribution >= 4 is 27.5 Å². The molecule has 3 aromatic rings. The van der Waals surface area contributed by atoms with Gasteiger partial charge in [-0.05, 0) is 62.7 Å². The summed E-state index contributed by atoms with van der Waals surface area (Å²) in [5.41, 5.74) is 0.780. The molecule has 1 N–H and O–H groups in total. The van der Waals surface area contributed by atoms with Crippen LogP contribution in [0.15, 0.2) is 83.8 Å². The number of carbonyl (C=O) groups excluding carboxylic acids is 2. The van der Waals surface area contributed by atoms with Gasteiger partial charge in [0, 0.05) is 13.1 Å². The van der Waals surface area contributed by atoms with Crippen LogP contribution in [0.2, 0.25) is 0 Å². The zero-order chi connectivity index (χ0) is 27.7. The number of nitrogens with one attached hydrogen (secondary N) is 1. The van der Waals surface area contributed by atoms with E-state index in [9.17, 15) is 22.4 Å². The van der Waals surface area contributed by atoms with Crippen molar-refractivity contribution in [2.45, 2.75) is 38.3 Å². The average molecular weight is 542 g/mol. The van der Waals surface area contributed by atoms with Crippen LogP contribution in [0.4, 0.5) is 10.1 Å². The normalized spacial score (nSPS) is 11.9. The Labute approximate surface area is 223 Å². The van der Waals surface area contributed by atoms with Crippen LogP contribution in [0, 0.1) is 5.82 Å². The molecule has 3 rings (SSSR count). The molecule has 0 fully saturated rings. The first-order valence-electron chi connectivity index (χ1n) is 12.3. The molecule has 0 aliphatic rings. The summed E-state index contributed by atoms with van der Waals surface area (Å²) in [7, 11) is -4.20. The molecule has 1 atom stereocenters. The molecule has 0 aromatic heterocycles. The number of hydrogen-bond donors (Lipinski definition) is 1. The fourth-order valence-corrected chi connectivity index (χ4v) is 5.31. The highest BCUT2D eigenvalue weighted by molar-refractivity contribution is 7.92. The summed E-state index contributed by atoms with van der Waals surface area (Å²) >= 11 is 0. The highest BCUT2D eigenvalue weighted by Crippen LogP contribution is 2.32. The van der Waals surface area contributed by atoms with E-state index < -0.39 is 40.2 Å². The van der Waals surface area contributed by atoms with Gasteiger partial charge in [-0.15, -0.1) is 0 Å². The molecular weight excluding hydrogens is 509 g/mol. The standard InChI is InChI=1S/C28H32FN3O5S/c1-4-30-28(34)21(3)31(19-22-15-17-23(29)18-16-22)27(33)20-32(25-13-9-10-14-26(25)37-5-2)38(35,36)24-11-7-6-8-12-24/h6-18,21H,4-5,19-20H2,1-3H3,(H,30,34)/t21-/m1/s1. The van der Waals surface area contributed by atoms with Gasteiger partial charge in [-0.25, -0.2) is 12.8 Å². The molecule has 0 aliphatic heterocycles. The maximum absolute atomic E-state index is 13.8. The third-order valence-electron chi connectivity index (χ3n) is 5.83. The number of nitrogens with zero attached hydrogens (tertiary/aromatic N) is 2. The third-order valence-corrected chi connectivity index (χ3v) is 7.60. The van der Waals surface area contributed by atoms with Crippen LogP contribution >= 0.6 is 0 Å². The maximum Gasteiger partial charge on any atom is 0.264 e. The van der Waals surface area contributed by atoms with Crippen molar-refractivity contribution in [2.75, 3.05) is 24.0 Å². The molecule has 2 amide bonds. The van der Waals surface area contributed by atoms with Crippen molar-refractivity contribution in [3.05, 3.63) is 90.2 Å². The van der Waals surface area contributed by atoms with Crippen molar-refractivity contribution in [3.63, 3.8) is 0 Å². The Morgan fingerprint density at radius 2 is 1.58 bits per heavy atom. The average Bonchev–Trinajstić information content (AvgIpc) is 2.92. The van der Waals surface area contributed by atoms with Crippen LogP contribution < -0.4 is 14.4 Å². The molecule has 0 saturated heterocycles. The number of ether oxygens (including phenoxy) is 1. The molecular formula is C28H32FN3O5S. The maximum atomic E-state index is 13.8. The summed E-state index contributed by atoms with van der Waals surface area (Å²) in [4.78, 5) is 27.8. The van der Waals surface area contributed by atoms with E-state index in [0.717, 1.165) is 4.31 Å². The van der Waals surface area contributed by atoms with Gasteiger partial charge in [-0.2, -0.15) is 0 Å². The molecule has 0 radical (unpaired) electrons. The minimum Gasteiger partial charge on any atom is -0.492 e. The van der Waals surface area contributed by atoms with Gasteiger partial charge < -0.3 is 15.0 Å². The fraction of sp³-hybridized carbons (Fsp3) is 0.286. The van der Waals surface area contributed by atoms with E-state index in [4.69, 9.17) is 4.74 Å². The Bertz CT molecular complexity index is 1330. The number of rotatable bonds is 12. The molecule has 0 unspecified atom stereocenters. The van der Waals surface area contributed by atoms with Crippen molar-refractivity contribution in [1.29, 1.82) is 0 Å². The zero-order valence-electron chi connectivity index (χ0n) is 21.6. The van der Waals surface area contributed by atoms with Crippen LogP contribution in [-0.2, 0) is 26.2 Å². The number of halogens is 1. The number of likely N-dealkylation sites (N-methyl/N-ethyl adjacent to an activating group) is 1. The Kier molecular flexibility index (Phi) is 9.84. The molecule has 202 valence electrons. The summed E-state index contributed by atoms with van der Waals surface area (Å²) in [6.07, 6.45) is 0. The number of sulfonamides is 1. The van der Waals surface area contributed by atoms with Gasteiger partial charge in [0.05, 0.1) is 17.2 Å². The molecule has 0 aliphatic carbocycles. The first-order chi connectivity index (χ1) is 18.2. The van der Waals surface area contributed by atoms with Crippen molar-refractivity contribution in [2.24, 2.45) is 0 Å². The summed E-state index contributed by atoms with van der Waals surface area (Å²) in [6.45, 7) is 5.13. The Morgan fingerprint density at radius 3 is 2.21 bits per heavy atom. The largest absolute Gasteiger partial charge is 0.492 e. The first-order valence-corrected chi connectivity index (χ1v) is 13.7. The van der Waals surface area contributed by atoms with Gasteiger partial charge in [0.25, 0.3) is 10.0 Å². The number of amides is 2. The Morgan fingerprint density at radius 1 is 0.947 bits per heavy atom. The lowest BCUT2D eigenvalue weighted by atomic mass is 10.1. The van der Waals surface area contributed by atoms with Gasteiger partial charge in [0.2, 0.25) is 11.8 Å². The van der Waals surface area contributed by atoms with Gasteiger partial charge in [-0.1, -0.05) is 42.5 Å². The topological polar surface area (TPSA) is 96.0 Å². The zero-order valence-corrected chi connectivity index (χ0v) is 22.4. The molecule has 0 saturated carbocycles. The highest BCUT2D eigenvalue weighted by Gasteiger charge is 2.33. The minimum atomic E-state index is -4.20. The van der Waals surface area contributed by atoms with E-state index in [1.807, 2.05) is 0 Å². The third kappa shape index (κ3) is 6.89. The van der Waals surface area contributed by atoms with E-state index in [2.05, 4.69) is 5.32 Å². The van der Waals surface area contributed by atoms with Crippen molar-refractivity contribution in [1.82, 2.24) is 10.2 Å². The highest BCUT2D eigenvalue weighted by atomic mass is 32.2. The Balaban J connectivity index is 2.06. The second-order valence-corrected chi connectivity index (χ2v) is 10.3. The van der Waals surface area contributed by atoms with E-state index in [1.165, 1.54) is 41.3 Å². The molecule has 0 heterocycles. The van der Waals surface area contributed by atoms with Crippen LogP contribution in [0.3, 0.4) is 0 Å². The lowest BCUT2D eigenvalue weighted by Gasteiger charge is -2.32. The van der Waals surface area contributed by atoms with E-state index in [0.29, 0.717) is 17.9 Å². The van der Waals surface area contributed by atoms with Gasteiger partial charge in [0.1, 0.15) is 24.2 Å². The summed E-state index contributed by atoms with van der Waals surface area (Å²) in [6, 6.07) is 19.0. The first kappa shape index (κ1) is 28.6. The number of benzene rings is 3. The summed E-state index contributed by atoms with van der Waals surface area (Å²) < 4.78 is 47.8. The van der Waals surface area contributed by atoms with E-state index in [1.54, 1.807) is 63.2 Å². The molecule has 10 heteroatoms. The van der Waals surface area contributed by atoms with Gasteiger partial charge >= 0.3 is 0 Å². The molecule has 38 heavy (non-hydrogen) atoms. The van der Waals surface area contributed by atoms with Crippen LogP contribution in [0.5, 0.6) is 5.75 Å². The minimum absolute atomic E-state index is 0.000889. The van der Waals surface area contributed by atoms with Crippen LogP contribution in [0.25, 0.3) is 0 Å². The summed E-state index contributed by atoms with van der Waals surface area (Å²) in [5, 5.41) is 2.70. The smallest absolute Gasteiger partial charge is 0.264 e. The second kappa shape index (κ2) is 13.0. The van der Waals surface area contributed by atoms with Crippen molar-refractivity contribution in [3.8, 4) is 5.75 Å². The van der Waals surface area contributed by atoms with E-state index in [-0.39, 0.29) is 23.7 Å². The number of carbonyl (C=O) groups is 2. The number of para-hydroxylation sites is 2. The number of anilines is 1. The fourth-order valence-electron chi connectivity index (χ4n) is 3.86. The van der Waals surface area contributed by atoms with Crippen LogP contribution in [0.1, 0.15) is 26.3 Å². The van der Waals surface area contributed by atoms with Crippen molar-refractivity contribution < 1.29 is 27.1 Å².